The van der Waals surface area contributed by atoms with Crippen LogP contribution in [-0.4, -0.2) is 37.8 Å². The normalized spacial score (nSPS) is 13.5. The molecular formula is C18H24N2O4. The molecule has 2 amide bonds. The van der Waals surface area contributed by atoms with Crippen molar-refractivity contribution in [1.29, 1.82) is 0 Å². The first-order chi connectivity index (χ1) is 11.4. The van der Waals surface area contributed by atoms with E-state index in [0.29, 0.717) is 29.5 Å². The van der Waals surface area contributed by atoms with Gasteiger partial charge in [0.25, 0.3) is 5.91 Å². The zero-order valence-electron chi connectivity index (χ0n) is 14.4. The van der Waals surface area contributed by atoms with Crippen LogP contribution >= 0.6 is 0 Å². The number of carbonyl (C=O) groups excluding carboxylic acids is 3. The maximum Gasteiger partial charge on any atom is 0.264 e. The molecule has 2 rings (SSSR count). The van der Waals surface area contributed by atoms with E-state index in [1.165, 1.54) is 4.90 Å². The van der Waals surface area contributed by atoms with E-state index >= 15 is 0 Å². The molecule has 0 saturated heterocycles. The Balaban J connectivity index is 1.91. The summed E-state index contributed by atoms with van der Waals surface area (Å²) in [6.45, 7) is 4.83. The van der Waals surface area contributed by atoms with Crippen LogP contribution < -0.4 is 15.0 Å². The molecule has 0 aliphatic carbocycles. The number of hydrogen-bond acceptors (Lipinski definition) is 4. The lowest BCUT2D eigenvalue weighted by Gasteiger charge is -2.26. The van der Waals surface area contributed by atoms with E-state index in [0.717, 1.165) is 6.42 Å². The van der Waals surface area contributed by atoms with E-state index in [1.54, 1.807) is 25.2 Å². The zero-order chi connectivity index (χ0) is 17.7. The molecule has 0 bridgehead atoms. The van der Waals surface area contributed by atoms with E-state index in [1.807, 2.05) is 0 Å². The van der Waals surface area contributed by atoms with Crippen molar-refractivity contribution >= 4 is 23.3 Å². The number of rotatable bonds is 7. The second kappa shape index (κ2) is 7.95. The van der Waals surface area contributed by atoms with Gasteiger partial charge in [0.1, 0.15) is 5.75 Å². The van der Waals surface area contributed by atoms with Gasteiger partial charge in [-0.3, -0.25) is 14.4 Å². The van der Waals surface area contributed by atoms with Crippen molar-refractivity contribution in [2.75, 3.05) is 25.1 Å². The predicted octanol–water partition coefficient (Wildman–Crippen LogP) is 2.17. The van der Waals surface area contributed by atoms with Crippen molar-refractivity contribution in [3.8, 4) is 5.75 Å². The Morgan fingerprint density at radius 3 is 2.75 bits per heavy atom. The smallest absolute Gasteiger partial charge is 0.264 e. The van der Waals surface area contributed by atoms with Crippen LogP contribution in [0.5, 0.6) is 5.75 Å². The second-order valence-corrected chi connectivity index (χ2v) is 6.38. The van der Waals surface area contributed by atoms with Gasteiger partial charge in [-0.15, -0.1) is 0 Å². The van der Waals surface area contributed by atoms with Crippen LogP contribution in [0.3, 0.4) is 0 Å². The third kappa shape index (κ3) is 4.57. The predicted molar refractivity (Wildman–Crippen MR) is 91.4 cm³/mol. The number of carbonyl (C=O) groups is 3. The minimum atomic E-state index is -0.156. The van der Waals surface area contributed by atoms with Gasteiger partial charge in [0.05, 0.1) is 5.69 Å². The highest BCUT2D eigenvalue weighted by molar-refractivity contribution is 6.02. The van der Waals surface area contributed by atoms with Gasteiger partial charge in [-0.2, -0.15) is 0 Å². The molecule has 0 aromatic heterocycles. The molecule has 1 heterocycles. The number of fused-ring (bicyclic) bond motifs is 1. The molecule has 130 valence electrons. The topological polar surface area (TPSA) is 75.7 Å². The summed E-state index contributed by atoms with van der Waals surface area (Å²) in [5, 5.41) is 2.82. The first kappa shape index (κ1) is 18.0. The van der Waals surface area contributed by atoms with Crippen LogP contribution in [0.4, 0.5) is 5.69 Å². The van der Waals surface area contributed by atoms with Gasteiger partial charge >= 0.3 is 0 Å². The maximum atomic E-state index is 12.3. The summed E-state index contributed by atoms with van der Waals surface area (Å²) >= 11 is 0. The summed E-state index contributed by atoms with van der Waals surface area (Å²) in [4.78, 5) is 37.2. The van der Waals surface area contributed by atoms with E-state index in [-0.39, 0.29) is 37.0 Å². The molecule has 1 aromatic carbocycles. The SMILES string of the molecule is CC(C)CCNC(=O)CCC(=O)c1ccc2c(c1)N(C)C(=O)CO2. The molecule has 0 atom stereocenters. The number of hydrogen-bond donors (Lipinski definition) is 1. The van der Waals surface area contributed by atoms with E-state index in [2.05, 4.69) is 19.2 Å². The summed E-state index contributed by atoms with van der Waals surface area (Å²) in [5.74, 6) is 0.724. The van der Waals surface area contributed by atoms with Crippen molar-refractivity contribution in [1.82, 2.24) is 5.32 Å². The van der Waals surface area contributed by atoms with Crippen LogP contribution in [-0.2, 0) is 9.59 Å². The van der Waals surface area contributed by atoms with Gasteiger partial charge in [0.2, 0.25) is 5.91 Å². The fourth-order valence-electron chi connectivity index (χ4n) is 2.41. The first-order valence-corrected chi connectivity index (χ1v) is 8.21. The molecule has 1 aliphatic heterocycles. The Morgan fingerprint density at radius 1 is 1.29 bits per heavy atom. The number of ketones is 1. The summed E-state index contributed by atoms with van der Waals surface area (Å²) < 4.78 is 5.34. The Bertz CT molecular complexity index is 640. The van der Waals surface area contributed by atoms with Crippen LogP contribution in [0, 0.1) is 5.92 Å². The molecule has 6 heteroatoms. The minimum Gasteiger partial charge on any atom is -0.482 e. The number of benzene rings is 1. The zero-order valence-corrected chi connectivity index (χ0v) is 14.4. The lowest BCUT2D eigenvalue weighted by atomic mass is 10.0. The van der Waals surface area contributed by atoms with Crippen LogP contribution in [0.25, 0.3) is 0 Å². The number of anilines is 1. The molecule has 0 radical (unpaired) electrons. The molecule has 0 fully saturated rings. The van der Waals surface area contributed by atoms with E-state index in [4.69, 9.17) is 4.74 Å². The number of Topliss-reactive ketones (excluding diaryl/α,β-unsaturated/α-hetero) is 1. The number of ether oxygens (including phenoxy) is 1. The maximum absolute atomic E-state index is 12.3. The molecular weight excluding hydrogens is 308 g/mol. The third-order valence-electron chi connectivity index (χ3n) is 3.99. The highest BCUT2D eigenvalue weighted by Gasteiger charge is 2.23. The van der Waals surface area contributed by atoms with Crippen molar-refractivity contribution < 1.29 is 19.1 Å². The molecule has 0 saturated carbocycles. The number of amides is 2. The molecule has 1 aromatic rings. The Morgan fingerprint density at radius 2 is 2.04 bits per heavy atom. The summed E-state index contributed by atoms with van der Waals surface area (Å²) in [7, 11) is 1.65. The molecule has 1 aliphatic rings. The first-order valence-electron chi connectivity index (χ1n) is 8.21. The summed E-state index contributed by atoms with van der Waals surface area (Å²) in [5.41, 5.74) is 1.06. The quantitative estimate of drug-likeness (QED) is 0.777. The fourth-order valence-corrected chi connectivity index (χ4v) is 2.41. The minimum absolute atomic E-state index is 0.00728. The largest absolute Gasteiger partial charge is 0.482 e. The van der Waals surface area contributed by atoms with E-state index < -0.39 is 0 Å². The van der Waals surface area contributed by atoms with Crippen molar-refractivity contribution in [2.45, 2.75) is 33.1 Å². The number of nitrogens with zero attached hydrogens (tertiary/aromatic N) is 1. The standard InChI is InChI=1S/C18H24N2O4/c1-12(2)8-9-19-17(22)7-5-15(21)13-4-6-16-14(10-13)20(3)18(23)11-24-16/h4,6,10,12H,5,7-9,11H2,1-3H3,(H,19,22). The molecule has 1 N–H and O–H groups in total. The summed E-state index contributed by atoms with van der Waals surface area (Å²) in [6, 6.07) is 5.00. The molecule has 0 spiro atoms. The van der Waals surface area contributed by atoms with Gasteiger partial charge in [-0.25, -0.2) is 0 Å². The second-order valence-electron chi connectivity index (χ2n) is 6.38. The third-order valence-corrected chi connectivity index (χ3v) is 3.99. The van der Waals surface area contributed by atoms with Gasteiger partial charge in [0.15, 0.2) is 12.4 Å². The molecule has 6 nitrogen and oxygen atoms in total. The highest BCUT2D eigenvalue weighted by Crippen LogP contribution is 2.32. The average molecular weight is 332 g/mol. The van der Waals surface area contributed by atoms with Crippen molar-refractivity contribution in [3.63, 3.8) is 0 Å². The van der Waals surface area contributed by atoms with Gasteiger partial charge in [0, 0.05) is 32.0 Å². The number of nitrogens with one attached hydrogen (secondary N) is 1. The molecule has 0 unspecified atom stereocenters. The van der Waals surface area contributed by atoms with E-state index in [9.17, 15) is 14.4 Å². The fraction of sp³-hybridized carbons (Fsp3) is 0.500. The van der Waals surface area contributed by atoms with Crippen LogP contribution in [0.15, 0.2) is 18.2 Å². The Labute approximate surface area is 142 Å². The summed E-state index contributed by atoms with van der Waals surface area (Å²) in [6.07, 6.45) is 1.23. The van der Waals surface area contributed by atoms with Gasteiger partial charge in [-0.1, -0.05) is 13.8 Å². The lowest BCUT2D eigenvalue weighted by Crippen LogP contribution is -2.35. The molecule has 24 heavy (non-hydrogen) atoms. The van der Waals surface area contributed by atoms with Crippen LogP contribution in [0.2, 0.25) is 0 Å². The number of likely N-dealkylation sites (N-methyl/N-ethyl adjacent to an activating group) is 1. The van der Waals surface area contributed by atoms with Gasteiger partial charge in [-0.05, 0) is 30.5 Å². The Hall–Kier alpha value is -2.37. The Kier molecular flexibility index (Phi) is 5.95. The highest BCUT2D eigenvalue weighted by atomic mass is 16.5. The van der Waals surface area contributed by atoms with Crippen molar-refractivity contribution in [3.05, 3.63) is 23.8 Å². The van der Waals surface area contributed by atoms with Crippen LogP contribution in [0.1, 0.15) is 43.5 Å². The van der Waals surface area contributed by atoms with Gasteiger partial charge < -0.3 is 15.0 Å². The monoisotopic (exact) mass is 332 g/mol. The average Bonchev–Trinajstić information content (AvgIpc) is 2.55. The lowest BCUT2D eigenvalue weighted by molar-refractivity contribution is -0.121. The van der Waals surface area contributed by atoms with Crippen molar-refractivity contribution in [2.24, 2.45) is 5.92 Å².